The van der Waals surface area contributed by atoms with Crippen LogP contribution in [0.5, 0.6) is 5.75 Å². The van der Waals surface area contributed by atoms with Crippen molar-refractivity contribution in [1.29, 1.82) is 0 Å². The number of carbonyl (C=O) groups is 1. The molecular formula is C34H44N8O3. The van der Waals surface area contributed by atoms with Crippen LogP contribution in [0.4, 0.5) is 11.6 Å². The van der Waals surface area contributed by atoms with Crippen LogP contribution < -0.4 is 15.0 Å². The van der Waals surface area contributed by atoms with E-state index in [2.05, 4.69) is 49.2 Å². The number of rotatable bonds is 8. The van der Waals surface area contributed by atoms with Crippen LogP contribution in [0, 0.1) is 6.92 Å². The fourth-order valence-corrected chi connectivity index (χ4v) is 6.49. The van der Waals surface area contributed by atoms with E-state index < -0.39 is 5.60 Å². The highest BCUT2D eigenvalue weighted by atomic mass is 16.5. The third kappa shape index (κ3) is 6.95. The van der Waals surface area contributed by atoms with Crippen molar-refractivity contribution in [3.8, 4) is 17.0 Å². The van der Waals surface area contributed by atoms with Gasteiger partial charge in [0.1, 0.15) is 5.75 Å². The van der Waals surface area contributed by atoms with Crippen LogP contribution in [-0.2, 0) is 6.54 Å². The Kier molecular flexibility index (Phi) is 8.76. The van der Waals surface area contributed by atoms with Crippen LogP contribution in [0.2, 0.25) is 0 Å². The van der Waals surface area contributed by atoms with E-state index in [9.17, 15) is 9.90 Å². The van der Waals surface area contributed by atoms with Gasteiger partial charge in [0.2, 0.25) is 5.95 Å². The number of anilines is 2. The van der Waals surface area contributed by atoms with Gasteiger partial charge in [0, 0.05) is 74.6 Å². The summed E-state index contributed by atoms with van der Waals surface area (Å²) in [6, 6.07) is 12.1. The predicted molar refractivity (Wildman–Crippen MR) is 177 cm³/mol. The molecule has 0 spiro atoms. The molecule has 4 aromatic rings. The Morgan fingerprint density at radius 2 is 1.80 bits per heavy atom. The molecule has 0 radical (unpaired) electrons. The second kappa shape index (κ2) is 12.7. The number of carbonyl (C=O) groups excluding carboxylic acids is 1. The largest absolute Gasteiger partial charge is 0.496 e. The molecule has 2 aliphatic rings. The third-order valence-corrected chi connectivity index (χ3v) is 8.88. The summed E-state index contributed by atoms with van der Waals surface area (Å²) in [5, 5.41) is 13.9. The Morgan fingerprint density at radius 1 is 1.04 bits per heavy atom. The van der Waals surface area contributed by atoms with Crippen molar-refractivity contribution in [2.24, 2.45) is 0 Å². The number of nitrogens with zero attached hydrogens (tertiary/aromatic N) is 7. The van der Waals surface area contributed by atoms with Crippen LogP contribution in [0.1, 0.15) is 42.7 Å². The van der Waals surface area contributed by atoms with Gasteiger partial charge in [-0.05, 0) is 77.1 Å². The fraction of sp³-hybridized carbons (Fsp3) is 0.471. The van der Waals surface area contributed by atoms with Gasteiger partial charge in [-0.2, -0.15) is 0 Å². The number of benzene rings is 1. The minimum atomic E-state index is -1.03. The predicted octanol–water partition coefficient (Wildman–Crippen LogP) is 4.05. The van der Waals surface area contributed by atoms with Gasteiger partial charge in [0.05, 0.1) is 41.5 Å². The third-order valence-electron chi connectivity index (χ3n) is 8.88. The molecule has 45 heavy (non-hydrogen) atoms. The second-order valence-corrected chi connectivity index (χ2v) is 13.0. The number of aromatic nitrogens is 4. The van der Waals surface area contributed by atoms with Crippen LogP contribution in [0.3, 0.4) is 0 Å². The first-order valence-corrected chi connectivity index (χ1v) is 15.8. The van der Waals surface area contributed by atoms with Crippen molar-refractivity contribution in [1.82, 2.24) is 29.3 Å². The lowest BCUT2D eigenvalue weighted by molar-refractivity contribution is 0.0630. The number of hydrogen-bond donors (Lipinski definition) is 2. The summed E-state index contributed by atoms with van der Waals surface area (Å²) in [5.41, 5.74) is 4.16. The molecule has 0 aliphatic carbocycles. The van der Waals surface area contributed by atoms with E-state index in [1.54, 1.807) is 51.6 Å². The van der Waals surface area contributed by atoms with Gasteiger partial charge in [-0.15, -0.1) is 0 Å². The number of nitrogens with one attached hydrogen (secondary N) is 1. The Balaban J connectivity index is 1.25. The molecule has 0 bridgehead atoms. The molecule has 6 rings (SSSR count). The molecule has 238 valence electrons. The van der Waals surface area contributed by atoms with Crippen LogP contribution in [0.25, 0.3) is 22.3 Å². The van der Waals surface area contributed by atoms with Gasteiger partial charge >= 0.3 is 0 Å². The van der Waals surface area contributed by atoms with E-state index in [1.165, 1.54) is 0 Å². The second-order valence-electron chi connectivity index (χ2n) is 13.0. The molecule has 3 aromatic heterocycles. The lowest BCUT2D eigenvalue weighted by Gasteiger charge is -2.42. The Morgan fingerprint density at radius 3 is 2.51 bits per heavy atom. The molecule has 0 atom stereocenters. The number of amides is 1. The summed E-state index contributed by atoms with van der Waals surface area (Å²) >= 11 is 0. The summed E-state index contributed by atoms with van der Waals surface area (Å²) in [5.74, 6) is 0.696. The molecule has 2 saturated heterocycles. The molecule has 2 aliphatic heterocycles. The zero-order valence-corrected chi connectivity index (χ0v) is 27.0. The zero-order valence-electron chi connectivity index (χ0n) is 27.0. The van der Waals surface area contributed by atoms with E-state index >= 15 is 0 Å². The molecule has 1 amide bonds. The normalized spacial score (nSPS) is 17.2. The van der Waals surface area contributed by atoms with E-state index in [-0.39, 0.29) is 12.5 Å². The van der Waals surface area contributed by atoms with Crippen molar-refractivity contribution in [2.45, 2.75) is 51.8 Å². The fourth-order valence-electron chi connectivity index (χ4n) is 6.49. The number of piperidine rings is 1. The van der Waals surface area contributed by atoms with E-state index in [0.29, 0.717) is 40.3 Å². The molecule has 2 fully saturated rings. The number of hydrogen-bond acceptors (Lipinski definition) is 9. The molecule has 1 aromatic carbocycles. The van der Waals surface area contributed by atoms with Crippen molar-refractivity contribution >= 4 is 28.6 Å². The molecular weight excluding hydrogens is 568 g/mol. The Bertz CT molecular complexity index is 1660. The number of piperazine rings is 1. The van der Waals surface area contributed by atoms with E-state index in [4.69, 9.17) is 9.72 Å². The number of likely N-dealkylation sites (N-methyl/N-ethyl adjacent to an activating group) is 1. The maximum atomic E-state index is 13.7. The molecule has 11 nitrogen and oxygen atoms in total. The smallest absolute Gasteiger partial charge is 0.258 e. The maximum absolute atomic E-state index is 13.7. The van der Waals surface area contributed by atoms with Gasteiger partial charge in [-0.3, -0.25) is 25.0 Å². The van der Waals surface area contributed by atoms with Crippen LogP contribution in [0.15, 0.2) is 48.8 Å². The SMILES string of the molecule is COc1ccncc1-c1cc(C(=O)Nc2nc3ccc(N4CCC(N5CCN(C)CC5)CC4)cc3n2CC(C)(C)O)cc(C)n1. The summed E-state index contributed by atoms with van der Waals surface area (Å²) in [6.07, 6.45) is 5.62. The van der Waals surface area contributed by atoms with Crippen molar-refractivity contribution in [2.75, 3.05) is 63.6 Å². The first kappa shape index (κ1) is 30.9. The van der Waals surface area contributed by atoms with Gasteiger partial charge in [-0.1, -0.05) is 0 Å². The van der Waals surface area contributed by atoms with Crippen LogP contribution >= 0.6 is 0 Å². The number of pyridine rings is 2. The standard InChI is InChI=1S/C34H44N8O3/c1-23-18-24(19-29(36-23)27-21-35-11-8-31(27)45-5)32(43)38-33-37-28-7-6-26(20-30(28)42(33)22-34(2,3)44)40-12-9-25(10-13-40)41-16-14-39(4)15-17-41/h6-8,11,18-21,25,44H,9-10,12-17,22H2,1-5H3,(H,37,38,43). The number of methoxy groups -OCH3 is 1. The zero-order chi connectivity index (χ0) is 31.7. The number of aliphatic hydroxyl groups is 1. The Hall–Kier alpha value is -4.06. The average molecular weight is 613 g/mol. The van der Waals surface area contributed by atoms with Gasteiger partial charge in [0.15, 0.2) is 0 Å². The molecule has 0 unspecified atom stereocenters. The van der Waals surface area contributed by atoms with Gasteiger partial charge < -0.3 is 24.2 Å². The first-order valence-electron chi connectivity index (χ1n) is 15.8. The van der Waals surface area contributed by atoms with Gasteiger partial charge in [-0.25, -0.2) is 4.98 Å². The highest BCUT2D eigenvalue weighted by Gasteiger charge is 2.28. The molecule has 5 heterocycles. The maximum Gasteiger partial charge on any atom is 0.258 e. The summed E-state index contributed by atoms with van der Waals surface area (Å²) < 4.78 is 7.41. The van der Waals surface area contributed by atoms with E-state index in [1.807, 2.05) is 17.6 Å². The number of ether oxygens (including phenoxy) is 1. The molecule has 0 saturated carbocycles. The number of aryl methyl sites for hydroxylation is 1. The topological polar surface area (TPSA) is 112 Å². The highest BCUT2D eigenvalue weighted by molar-refractivity contribution is 6.05. The summed E-state index contributed by atoms with van der Waals surface area (Å²) in [7, 11) is 3.80. The van der Waals surface area contributed by atoms with Crippen LogP contribution in [-0.4, -0.2) is 105 Å². The highest BCUT2D eigenvalue weighted by Crippen LogP contribution is 2.31. The summed E-state index contributed by atoms with van der Waals surface area (Å²) in [6.45, 7) is 12.2. The monoisotopic (exact) mass is 612 g/mol. The van der Waals surface area contributed by atoms with E-state index in [0.717, 1.165) is 68.8 Å². The quantitative estimate of drug-likeness (QED) is 0.304. The number of imidazole rings is 1. The first-order chi connectivity index (χ1) is 21.6. The number of fused-ring (bicyclic) bond motifs is 1. The lowest BCUT2D eigenvalue weighted by Crippen LogP contribution is -2.52. The minimum absolute atomic E-state index is 0.265. The Labute approximate surface area is 264 Å². The lowest BCUT2D eigenvalue weighted by atomic mass is 10.0. The van der Waals surface area contributed by atoms with Crippen molar-refractivity contribution < 1.29 is 14.6 Å². The van der Waals surface area contributed by atoms with Crippen molar-refractivity contribution in [3.05, 3.63) is 60.0 Å². The molecule has 11 heteroatoms. The van der Waals surface area contributed by atoms with Crippen molar-refractivity contribution in [3.63, 3.8) is 0 Å². The average Bonchev–Trinajstić information content (AvgIpc) is 3.35. The summed E-state index contributed by atoms with van der Waals surface area (Å²) in [4.78, 5) is 34.8. The minimum Gasteiger partial charge on any atom is -0.496 e. The molecule has 2 N–H and O–H groups in total. The van der Waals surface area contributed by atoms with Gasteiger partial charge in [0.25, 0.3) is 5.91 Å².